The number of hydrogen-bond acceptors (Lipinski definition) is 3. The van der Waals surface area contributed by atoms with Crippen molar-refractivity contribution in [1.29, 1.82) is 0 Å². The van der Waals surface area contributed by atoms with Gasteiger partial charge < -0.3 is 0 Å². The Morgan fingerprint density at radius 3 is 2.73 bits per heavy atom. The van der Waals surface area contributed by atoms with Crippen LogP contribution < -0.4 is 4.72 Å². The maximum Gasteiger partial charge on any atom is 0.279 e. The Hall–Kier alpha value is -0.920. The average molecular weight is 232 g/mol. The molecule has 0 saturated carbocycles. The summed E-state index contributed by atoms with van der Waals surface area (Å²) in [6.07, 6.45) is 3.27. The first-order valence-corrected chi connectivity index (χ1v) is 6.07. The second kappa shape index (κ2) is 4.73. The first-order chi connectivity index (χ1) is 6.92. The van der Waals surface area contributed by atoms with Crippen molar-refractivity contribution in [1.82, 2.24) is 19.2 Å². The van der Waals surface area contributed by atoms with Crippen LogP contribution in [0.25, 0.3) is 0 Å². The van der Waals surface area contributed by atoms with Gasteiger partial charge in [0.2, 0.25) is 0 Å². The van der Waals surface area contributed by atoms with Gasteiger partial charge in [0.25, 0.3) is 10.2 Å². The largest absolute Gasteiger partial charge is 0.285 e. The molecule has 2 N–H and O–H groups in total. The summed E-state index contributed by atoms with van der Waals surface area (Å²) < 4.78 is 27.0. The normalized spacial score (nSPS) is 12.6. The van der Waals surface area contributed by atoms with Gasteiger partial charge in [0, 0.05) is 31.4 Å². The highest BCUT2D eigenvalue weighted by molar-refractivity contribution is 7.87. The molecule has 15 heavy (non-hydrogen) atoms. The standard InChI is InChI=1S/C8H16N4O2S/c1-7(2)11-15(13,14)12(3)6-8-4-9-10-5-8/h4-5,7,11H,6H2,1-3H3,(H,9,10). The van der Waals surface area contributed by atoms with Crippen LogP contribution in [0.5, 0.6) is 0 Å². The third kappa shape index (κ3) is 3.61. The Morgan fingerprint density at radius 1 is 1.60 bits per heavy atom. The molecule has 86 valence electrons. The average Bonchev–Trinajstić information content (AvgIpc) is 2.54. The molecular formula is C8H16N4O2S. The second-order valence-electron chi connectivity index (χ2n) is 3.64. The van der Waals surface area contributed by atoms with Crippen molar-refractivity contribution in [2.24, 2.45) is 0 Å². The predicted octanol–water partition coefficient (Wildman–Crippen LogP) is 0.0843. The molecule has 0 aliphatic rings. The fraction of sp³-hybridized carbons (Fsp3) is 0.625. The van der Waals surface area contributed by atoms with Crippen LogP contribution in [-0.2, 0) is 16.8 Å². The summed E-state index contributed by atoms with van der Waals surface area (Å²) in [5, 5.41) is 6.39. The van der Waals surface area contributed by atoms with Gasteiger partial charge in [0.15, 0.2) is 0 Å². The number of H-pyrrole nitrogens is 1. The molecule has 0 fully saturated rings. The Balaban J connectivity index is 2.64. The lowest BCUT2D eigenvalue weighted by Crippen LogP contribution is -2.41. The van der Waals surface area contributed by atoms with Crippen molar-refractivity contribution in [2.75, 3.05) is 7.05 Å². The van der Waals surface area contributed by atoms with Crippen molar-refractivity contribution in [3.05, 3.63) is 18.0 Å². The highest BCUT2D eigenvalue weighted by Crippen LogP contribution is 2.03. The minimum Gasteiger partial charge on any atom is -0.285 e. The maximum absolute atomic E-state index is 11.7. The molecule has 0 amide bonds. The van der Waals surface area contributed by atoms with Gasteiger partial charge in [-0.25, -0.2) is 0 Å². The Kier molecular flexibility index (Phi) is 3.83. The number of nitrogens with one attached hydrogen (secondary N) is 2. The van der Waals surface area contributed by atoms with Crippen LogP contribution in [0.3, 0.4) is 0 Å². The van der Waals surface area contributed by atoms with Gasteiger partial charge in [0.1, 0.15) is 0 Å². The summed E-state index contributed by atoms with van der Waals surface area (Å²) >= 11 is 0. The van der Waals surface area contributed by atoms with E-state index in [-0.39, 0.29) is 6.04 Å². The number of aromatic amines is 1. The lowest BCUT2D eigenvalue weighted by atomic mass is 10.4. The van der Waals surface area contributed by atoms with E-state index in [0.717, 1.165) is 5.56 Å². The molecule has 7 heteroatoms. The predicted molar refractivity (Wildman–Crippen MR) is 57.2 cm³/mol. The fourth-order valence-electron chi connectivity index (χ4n) is 1.09. The van der Waals surface area contributed by atoms with Gasteiger partial charge in [-0.3, -0.25) is 5.10 Å². The van der Waals surface area contributed by atoms with Crippen LogP contribution in [0.1, 0.15) is 19.4 Å². The topological polar surface area (TPSA) is 78.1 Å². The smallest absolute Gasteiger partial charge is 0.279 e. The van der Waals surface area contributed by atoms with E-state index in [2.05, 4.69) is 14.9 Å². The molecule has 1 aromatic heterocycles. The lowest BCUT2D eigenvalue weighted by Gasteiger charge is -2.18. The van der Waals surface area contributed by atoms with E-state index >= 15 is 0 Å². The molecule has 6 nitrogen and oxygen atoms in total. The van der Waals surface area contributed by atoms with Crippen LogP contribution in [0.15, 0.2) is 12.4 Å². The Bertz CT molecular complexity index is 385. The van der Waals surface area contributed by atoms with Crippen molar-refractivity contribution in [2.45, 2.75) is 26.4 Å². The molecule has 0 atom stereocenters. The molecule has 0 unspecified atom stereocenters. The number of nitrogens with zero attached hydrogens (tertiary/aromatic N) is 2. The number of rotatable bonds is 5. The fourth-order valence-corrected chi connectivity index (χ4v) is 2.19. The highest BCUT2D eigenvalue weighted by atomic mass is 32.2. The summed E-state index contributed by atoms with van der Waals surface area (Å²) in [4.78, 5) is 0. The van der Waals surface area contributed by atoms with Gasteiger partial charge in [-0.1, -0.05) is 0 Å². The van der Waals surface area contributed by atoms with E-state index in [1.165, 1.54) is 11.4 Å². The minimum atomic E-state index is -3.39. The third-order valence-corrected chi connectivity index (χ3v) is 3.47. The van der Waals surface area contributed by atoms with Crippen molar-refractivity contribution < 1.29 is 8.42 Å². The zero-order chi connectivity index (χ0) is 11.5. The molecular weight excluding hydrogens is 216 g/mol. The molecule has 0 aliphatic carbocycles. The van der Waals surface area contributed by atoms with Gasteiger partial charge in [-0.15, -0.1) is 0 Å². The van der Waals surface area contributed by atoms with E-state index < -0.39 is 10.2 Å². The summed E-state index contributed by atoms with van der Waals surface area (Å²) in [6.45, 7) is 3.87. The summed E-state index contributed by atoms with van der Waals surface area (Å²) in [7, 11) is -1.87. The van der Waals surface area contributed by atoms with Crippen LogP contribution >= 0.6 is 0 Å². The molecule has 1 rings (SSSR count). The number of hydrogen-bond donors (Lipinski definition) is 2. The van der Waals surface area contributed by atoms with E-state index in [4.69, 9.17) is 0 Å². The Morgan fingerprint density at radius 2 is 2.27 bits per heavy atom. The first kappa shape index (κ1) is 12.2. The summed E-state index contributed by atoms with van der Waals surface area (Å²) in [5.41, 5.74) is 0.826. The van der Waals surface area contributed by atoms with Gasteiger partial charge >= 0.3 is 0 Å². The van der Waals surface area contributed by atoms with Gasteiger partial charge in [-0.2, -0.15) is 22.5 Å². The van der Waals surface area contributed by atoms with Gasteiger partial charge in [0.05, 0.1) is 6.20 Å². The number of aromatic nitrogens is 2. The van der Waals surface area contributed by atoms with Crippen LogP contribution in [0, 0.1) is 0 Å². The minimum absolute atomic E-state index is 0.109. The SMILES string of the molecule is CC(C)NS(=O)(=O)N(C)Cc1cn[nH]c1. The molecule has 0 saturated heterocycles. The zero-order valence-corrected chi connectivity index (χ0v) is 9.87. The van der Waals surface area contributed by atoms with E-state index in [1.807, 2.05) is 0 Å². The molecule has 0 bridgehead atoms. The van der Waals surface area contributed by atoms with E-state index in [9.17, 15) is 8.42 Å². The van der Waals surface area contributed by atoms with Crippen molar-refractivity contribution in [3.63, 3.8) is 0 Å². The molecule has 0 aromatic carbocycles. The van der Waals surface area contributed by atoms with Crippen molar-refractivity contribution in [3.8, 4) is 0 Å². The molecule has 1 aromatic rings. The molecule has 0 aliphatic heterocycles. The third-order valence-electron chi connectivity index (χ3n) is 1.76. The van der Waals surface area contributed by atoms with Crippen LogP contribution in [0.4, 0.5) is 0 Å². The monoisotopic (exact) mass is 232 g/mol. The quantitative estimate of drug-likeness (QED) is 0.755. The maximum atomic E-state index is 11.7. The van der Waals surface area contributed by atoms with Gasteiger partial charge in [-0.05, 0) is 13.8 Å². The summed E-state index contributed by atoms with van der Waals surface area (Å²) in [5.74, 6) is 0. The Labute approximate surface area is 89.9 Å². The highest BCUT2D eigenvalue weighted by Gasteiger charge is 2.18. The first-order valence-electron chi connectivity index (χ1n) is 4.63. The van der Waals surface area contributed by atoms with E-state index in [0.29, 0.717) is 6.54 Å². The lowest BCUT2D eigenvalue weighted by molar-refractivity contribution is 0.449. The second-order valence-corrected chi connectivity index (χ2v) is 5.45. The van der Waals surface area contributed by atoms with E-state index in [1.54, 1.807) is 26.2 Å². The van der Waals surface area contributed by atoms with Crippen molar-refractivity contribution >= 4 is 10.2 Å². The zero-order valence-electron chi connectivity index (χ0n) is 9.06. The van der Waals surface area contributed by atoms with Crippen LogP contribution in [0.2, 0.25) is 0 Å². The molecule has 1 heterocycles. The molecule has 0 spiro atoms. The molecule has 0 radical (unpaired) electrons. The summed E-state index contributed by atoms with van der Waals surface area (Å²) in [6, 6.07) is -0.109. The van der Waals surface area contributed by atoms with Crippen LogP contribution in [-0.4, -0.2) is 36.0 Å².